The van der Waals surface area contributed by atoms with Gasteiger partial charge < -0.3 is 20.1 Å². The molecule has 0 saturated heterocycles. The summed E-state index contributed by atoms with van der Waals surface area (Å²) in [5, 5.41) is 5.72. The molecule has 128 valence electrons. The number of carbonyl (C=O) groups excluding carboxylic acids is 2. The lowest BCUT2D eigenvalue weighted by Gasteiger charge is -2.33. The molecule has 0 radical (unpaired) electrons. The predicted octanol–water partition coefficient (Wildman–Crippen LogP) is 3.35. The van der Waals surface area contributed by atoms with E-state index in [1.165, 1.54) is 0 Å². The lowest BCUT2D eigenvalue weighted by Crippen LogP contribution is -2.54. The van der Waals surface area contributed by atoms with Crippen molar-refractivity contribution in [3.8, 4) is 0 Å². The lowest BCUT2D eigenvalue weighted by molar-refractivity contribution is 0.0407. The summed E-state index contributed by atoms with van der Waals surface area (Å²) >= 11 is 0. The molecule has 1 rings (SSSR count). The van der Waals surface area contributed by atoms with Crippen molar-refractivity contribution in [2.75, 3.05) is 0 Å². The zero-order valence-corrected chi connectivity index (χ0v) is 14.6. The molecule has 1 fully saturated rings. The largest absolute Gasteiger partial charge is 0.444 e. The molecule has 0 heterocycles. The summed E-state index contributed by atoms with van der Waals surface area (Å²) in [4.78, 5) is 23.8. The molecular formula is C16H30N2O4. The molecule has 1 aliphatic rings. The van der Waals surface area contributed by atoms with E-state index in [2.05, 4.69) is 10.6 Å². The first-order valence-electron chi connectivity index (χ1n) is 7.95. The Morgan fingerprint density at radius 1 is 0.773 bits per heavy atom. The molecule has 2 N–H and O–H groups in total. The van der Waals surface area contributed by atoms with Crippen LogP contribution in [0.15, 0.2) is 0 Å². The highest BCUT2D eigenvalue weighted by Gasteiger charge is 2.30. The number of carbonyl (C=O) groups is 2. The van der Waals surface area contributed by atoms with E-state index >= 15 is 0 Å². The Kier molecular flexibility index (Phi) is 6.08. The number of rotatable bonds is 2. The highest BCUT2D eigenvalue weighted by Crippen LogP contribution is 2.20. The number of hydrogen-bond donors (Lipinski definition) is 2. The van der Waals surface area contributed by atoms with Gasteiger partial charge in [0.1, 0.15) is 11.2 Å². The topological polar surface area (TPSA) is 76.7 Å². The zero-order chi connectivity index (χ0) is 17.0. The minimum atomic E-state index is -0.535. The van der Waals surface area contributed by atoms with E-state index in [1.807, 2.05) is 41.5 Å². The summed E-state index contributed by atoms with van der Waals surface area (Å²) in [5.74, 6) is 0. The Labute approximate surface area is 133 Å². The van der Waals surface area contributed by atoms with Crippen LogP contribution in [0.25, 0.3) is 0 Å². The summed E-state index contributed by atoms with van der Waals surface area (Å²) in [7, 11) is 0. The van der Waals surface area contributed by atoms with Crippen LogP contribution < -0.4 is 10.6 Å². The highest BCUT2D eigenvalue weighted by molar-refractivity contribution is 5.70. The first kappa shape index (κ1) is 18.6. The van der Waals surface area contributed by atoms with Gasteiger partial charge in [0.25, 0.3) is 0 Å². The van der Waals surface area contributed by atoms with E-state index in [1.54, 1.807) is 0 Å². The number of ether oxygens (including phenoxy) is 2. The van der Waals surface area contributed by atoms with E-state index in [9.17, 15) is 9.59 Å². The molecular weight excluding hydrogens is 284 g/mol. The Balaban J connectivity index is 2.56. The van der Waals surface area contributed by atoms with Crippen LogP contribution in [0.4, 0.5) is 9.59 Å². The molecule has 0 aromatic heterocycles. The van der Waals surface area contributed by atoms with Crippen molar-refractivity contribution in [1.29, 1.82) is 0 Å². The molecule has 6 heteroatoms. The lowest BCUT2D eigenvalue weighted by atomic mass is 9.90. The van der Waals surface area contributed by atoms with Crippen LogP contribution in [0.3, 0.4) is 0 Å². The van der Waals surface area contributed by atoms with Gasteiger partial charge in [-0.1, -0.05) is 12.8 Å². The molecule has 1 saturated carbocycles. The minimum Gasteiger partial charge on any atom is -0.444 e. The number of alkyl carbamates (subject to hydrolysis) is 2. The summed E-state index contributed by atoms with van der Waals surface area (Å²) < 4.78 is 10.6. The highest BCUT2D eigenvalue weighted by atomic mass is 16.6. The maximum absolute atomic E-state index is 11.9. The zero-order valence-electron chi connectivity index (χ0n) is 14.6. The van der Waals surface area contributed by atoms with Crippen molar-refractivity contribution < 1.29 is 19.1 Å². The van der Waals surface area contributed by atoms with Crippen molar-refractivity contribution in [1.82, 2.24) is 10.6 Å². The van der Waals surface area contributed by atoms with Crippen LogP contribution >= 0.6 is 0 Å². The van der Waals surface area contributed by atoms with Crippen LogP contribution in [0.1, 0.15) is 67.2 Å². The molecule has 0 bridgehead atoms. The molecule has 2 atom stereocenters. The van der Waals surface area contributed by atoms with Crippen LogP contribution in [0.5, 0.6) is 0 Å². The fourth-order valence-electron chi connectivity index (χ4n) is 2.39. The van der Waals surface area contributed by atoms with Crippen LogP contribution in [0.2, 0.25) is 0 Å². The fraction of sp³-hybridized carbons (Fsp3) is 0.875. The third-order valence-electron chi connectivity index (χ3n) is 3.17. The Morgan fingerprint density at radius 2 is 1.09 bits per heavy atom. The minimum absolute atomic E-state index is 0.129. The van der Waals surface area contributed by atoms with Crippen LogP contribution in [-0.2, 0) is 9.47 Å². The van der Waals surface area contributed by atoms with Crippen molar-refractivity contribution in [3.63, 3.8) is 0 Å². The van der Waals surface area contributed by atoms with E-state index in [0.717, 1.165) is 25.7 Å². The average molecular weight is 314 g/mol. The molecule has 0 spiro atoms. The summed E-state index contributed by atoms with van der Waals surface area (Å²) in [6.07, 6.45) is 2.78. The number of amides is 2. The van der Waals surface area contributed by atoms with Gasteiger partial charge in [-0.25, -0.2) is 9.59 Å². The smallest absolute Gasteiger partial charge is 0.407 e. The molecule has 22 heavy (non-hydrogen) atoms. The SMILES string of the molecule is CC(C)(C)OC(=O)N[C@H]1CCCC[C@H]1NC(=O)OC(C)(C)C. The maximum atomic E-state index is 11.9. The first-order valence-corrected chi connectivity index (χ1v) is 7.95. The Morgan fingerprint density at radius 3 is 1.36 bits per heavy atom. The maximum Gasteiger partial charge on any atom is 0.407 e. The third kappa shape index (κ3) is 7.52. The Bertz CT molecular complexity index is 358. The monoisotopic (exact) mass is 314 g/mol. The van der Waals surface area contributed by atoms with Gasteiger partial charge in [0.05, 0.1) is 12.1 Å². The molecule has 0 aromatic carbocycles. The van der Waals surface area contributed by atoms with Gasteiger partial charge in [-0.15, -0.1) is 0 Å². The molecule has 2 amide bonds. The first-order chi connectivity index (χ1) is 9.96. The molecule has 0 unspecified atom stereocenters. The second kappa shape index (κ2) is 7.20. The molecule has 1 aliphatic carbocycles. The van der Waals surface area contributed by atoms with Gasteiger partial charge in [-0.2, -0.15) is 0 Å². The quantitative estimate of drug-likeness (QED) is 0.819. The third-order valence-corrected chi connectivity index (χ3v) is 3.17. The normalized spacial score (nSPS) is 22.6. The van der Waals surface area contributed by atoms with Gasteiger partial charge in [-0.05, 0) is 54.4 Å². The van der Waals surface area contributed by atoms with E-state index in [4.69, 9.17) is 9.47 Å². The van der Waals surface area contributed by atoms with Gasteiger partial charge in [0.2, 0.25) is 0 Å². The van der Waals surface area contributed by atoms with Crippen molar-refractivity contribution in [2.24, 2.45) is 0 Å². The Hall–Kier alpha value is -1.46. The van der Waals surface area contributed by atoms with Gasteiger partial charge >= 0.3 is 12.2 Å². The predicted molar refractivity (Wildman–Crippen MR) is 84.8 cm³/mol. The molecule has 0 aromatic rings. The van der Waals surface area contributed by atoms with E-state index in [0.29, 0.717) is 0 Å². The van der Waals surface area contributed by atoms with E-state index < -0.39 is 23.4 Å². The van der Waals surface area contributed by atoms with Crippen LogP contribution in [0, 0.1) is 0 Å². The van der Waals surface area contributed by atoms with Crippen LogP contribution in [-0.4, -0.2) is 35.5 Å². The van der Waals surface area contributed by atoms with Gasteiger partial charge in [0, 0.05) is 0 Å². The number of nitrogens with one attached hydrogen (secondary N) is 2. The van der Waals surface area contributed by atoms with Crippen molar-refractivity contribution in [3.05, 3.63) is 0 Å². The molecule has 6 nitrogen and oxygen atoms in total. The van der Waals surface area contributed by atoms with Gasteiger partial charge in [-0.3, -0.25) is 0 Å². The number of hydrogen-bond acceptors (Lipinski definition) is 4. The molecule has 0 aliphatic heterocycles. The standard InChI is InChI=1S/C16H30N2O4/c1-15(2,3)21-13(19)17-11-9-7-8-10-12(11)18-14(20)22-16(4,5)6/h11-12H,7-10H2,1-6H3,(H,17,19)(H,18,20)/t11-,12+. The summed E-state index contributed by atoms with van der Waals surface area (Å²) in [5.41, 5.74) is -1.07. The van der Waals surface area contributed by atoms with E-state index in [-0.39, 0.29) is 12.1 Å². The second-order valence-corrected chi connectivity index (χ2v) is 7.79. The van der Waals surface area contributed by atoms with Crippen molar-refractivity contribution in [2.45, 2.75) is 90.5 Å². The average Bonchev–Trinajstić information content (AvgIpc) is 2.26. The summed E-state index contributed by atoms with van der Waals surface area (Å²) in [6.45, 7) is 10.9. The summed E-state index contributed by atoms with van der Waals surface area (Å²) in [6, 6.07) is -0.257. The fourth-order valence-corrected chi connectivity index (χ4v) is 2.39. The second-order valence-electron chi connectivity index (χ2n) is 7.79. The van der Waals surface area contributed by atoms with Gasteiger partial charge in [0.15, 0.2) is 0 Å². The van der Waals surface area contributed by atoms with Crippen molar-refractivity contribution >= 4 is 12.2 Å².